The van der Waals surface area contributed by atoms with Crippen LogP contribution in [0.25, 0.3) is 11.1 Å². The zero-order valence-corrected chi connectivity index (χ0v) is 39.6. The van der Waals surface area contributed by atoms with Crippen molar-refractivity contribution in [1.29, 1.82) is 0 Å². The number of aromatic amines is 1. The molecule has 0 saturated carbocycles. The van der Waals surface area contributed by atoms with Crippen LogP contribution in [0.3, 0.4) is 0 Å². The number of likely N-dealkylation sites (tertiary alicyclic amines) is 1. The lowest BCUT2D eigenvalue weighted by Gasteiger charge is -2.33. The lowest BCUT2D eigenvalue weighted by atomic mass is 9.96. The van der Waals surface area contributed by atoms with E-state index in [4.69, 9.17) is 9.47 Å². The lowest BCUT2D eigenvalue weighted by Crippen LogP contribution is -2.45. The minimum atomic E-state index is -0.670. The van der Waals surface area contributed by atoms with Crippen molar-refractivity contribution in [3.05, 3.63) is 113 Å². The summed E-state index contributed by atoms with van der Waals surface area (Å²) in [4.78, 5) is 80.9. The van der Waals surface area contributed by atoms with Crippen molar-refractivity contribution in [2.24, 2.45) is 5.92 Å². The number of benzene rings is 2. The second kappa shape index (κ2) is 22.9. The van der Waals surface area contributed by atoms with E-state index in [1.165, 1.54) is 34.2 Å². The number of hydrogen-bond acceptors (Lipinski definition) is 15. The Labute approximate surface area is 407 Å². The van der Waals surface area contributed by atoms with E-state index in [1.807, 2.05) is 50.2 Å². The average molecular weight is 974 g/mol. The van der Waals surface area contributed by atoms with Gasteiger partial charge in [-0.25, -0.2) is 14.8 Å². The molecule has 8 rings (SSSR count). The second-order valence-corrected chi connectivity index (χ2v) is 17.4. The Kier molecular flexibility index (Phi) is 15.9. The lowest BCUT2D eigenvalue weighted by molar-refractivity contribution is -0.134. The molecule has 6 heterocycles. The van der Waals surface area contributed by atoms with Crippen LogP contribution in [0.5, 0.6) is 11.5 Å². The zero-order valence-electron chi connectivity index (χ0n) is 39.6. The molecule has 2 aliphatic heterocycles. The molecule has 3 unspecified atom stereocenters. The van der Waals surface area contributed by atoms with Gasteiger partial charge >= 0.3 is 5.69 Å². The third kappa shape index (κ3) is 13.5. The van der Waals surface area contributed by atoms with Gasteiger partial charge in [0.1, 0.15) is 43.1 Å². The molecule has 4 aromatic heterocycles. The fourth-order valence-corrected chi connectivity index (χ4v) is 8.28. The predicted octanol–water partition coefficient (Wildman–Crippen LogP) is 3.06. The maximum atomic E-state index is 13.4. The molecule has 4 amide bonds. The molecule has 0 spiro atoms. The first-order valence-electron chi connectivity index (χ1n) is 23.3. The molecule has 71 heavy (non-hydrogen) atoms. The highest BCUT2D eigenvalue weighted by molar-refractivity contribution is 5.93. The highest BCUT2D eigenvalue weighted by atomic mass is 19.1. The van der Waals surface area contributed by atoms with E-state index in [0.717, 1.165) is 41.2 Å². The van der Waals surface area contributed by atoms with Gasteiger partial charge in [-0.3, -0.25) is 33.5 Å². The third-order valence-electron chi connectivity index (χ3n) is 12.1. The van der Waals surface area contributed by atoms with Gasteiger partial charge in [0.15, 0.2) is 0 Å². The first-order chi connectivity index (χ1) is 34.3. The SMILES string of the molecule is Cc1ccc(OCCN(C)C(=O)Cn2cc(NC(=O)C3CNCC3Nc3ccnc(=O)[nH]3)cn2)cc1-c1cc(OC2CCCN(C(=O)Cn3cc(NC(=O)CCNc4nccc(F)n4)cn3)C2)ccc1C. The average Bonchev–Trinajstić information content (AvgIpc) is 4.12. The maximum Gasteiger partial charge on any atom is 0.346 e. The van der Waals surface area contributed by atoms with Gasteiger partial charge in [-0.1, -0.05) is 12.1 Å². The van der Waals surface area contributed by atoms with E-state index >= 15 is 0 Å². The van der Waals surface area contributed by atoms with Crippen molar-refractivity contribution in [2.45, 2.75) is 58.3 Å². The number of anilines is 4. The molecule has 372 valence electrons. The Bertz CT molecular complexity index is 2910. The predicted molar refractivity (Wildman–Crippen MR) is 260 cm³/mol. The topological polar surface area (TPSA) is 261 Å². The Morgan fingerprint density at radius 3 is 2.37 bits per heavy atom. The van der Waals surface area contributed by atoms with E-state index in [1.54, 1.807) is 35.3 Å². The number of ether oxygens (including phenoxy) is 2. The minimum Gasteiger partial charge on any atom is -0.492 e. The van der Waals surface area contributed by atoms with E-state index < -0.39 is 17.6 Å². The molecule has 0 bridgehead atoms. The van der Waals surface area contributed by atoms with Crippen LogP contribution in [-0.4, -0.2) is 138 Å². The van der Waals surface area contributed by atoms with Gasteiger partial charge in [-0.2, -0.15) is 19.6 Å². The molecule has 22 nitrogen and oxygen atoms in total. The minimum absolute atomic E-state index is 0.00514. The van der Waals surface area contributed by atoms with Crippen LogP contribution in [-0.2, 0) is 32.3 Å². The number of aromatic nitrogens is 8. The van der Waals surface area contributed by atoms with Gasteiger partial charge in [0.05, 0.1) is 48.8 Å². The summed E-state index contributed by atoms with van der Waals surface area (Å²) >= 11 is 0. The molecular weight excluding hydrogens is 918 g/mol. The van der Waals surface area contributed by atoms with Crippen LogP contribution in [0.15, 0.2) is 90.5 Å². The van der Waals surface area contributed by atoms with Gasteiger partial charge in [0, 0.05) is 70.5 Å². The normalized spacial score (nSPS) is 16.5. The smallest absolute Gasteiger partial charge is 0.346 e. The third-order valence-corrected chi connectivity index (χ3v) is 12.1. The molecule has 2 fully saturated rings. The summed E-state index contributed by atoms with van der Waals surface area (Å²) in [5.74, 6) is -0.0324. The number of hydrogen-bond donors (Lipinski definition) is 6. The fraction of sp³-hybridized carbons (Fsp3) is 0.375. The number of nitrogens with zero attached hydrogens (tertiary/aromatic N) is 9. The molecule has 23 heteroatoms. The second-order valence-electron chi connectivity index (χ2n) is 17.4. The standard InChI is InChI=1S/C48H56FN15O7/c1-30-6-8-34(70-18-17-61(3)44(66)28-63-26-33(22-55-63)57-46(68)39-23-50-24-40(39)58-42-11-14-53-48(69)60-42)19-37(30)38-20-35(9-7-31(38)2)71-36-5-4-16-62(27-36)45(67)29-64-25-32(21-54-64)56-43(65)12-15-52-47-51-13-10-41(49)59-47/h6-11,13-14,19-22,25-26,36,39-40,50H,4-5,12,15-18,23-24,27-29H2,1-3H3,(H,56,65)(H,57,68)(H,51,52,59)(H2,53,58,60,69). The van der Waals surface area contributed by atoms with Crippen molar-refractivity contribution in [1.82, 2.24) is 54.6 Å². The van der Waals surface area contributed by atoms with Gasteiger partial charge in [0.2, 0.25) is 35.5 Å². The maximum absolute atomic E-state index is 13.4. The Hall–Kier alpha value is -8.21. The number of nitrogens with one attached hydrogen (secondary N) is 6. The van der Waals surface area contributed by atoms with E-state index in [0.29, 0.717) is 61.4 Å². The molecule has 3 atom stereocenters. The first-order valence-corrected chi connectivity index (χ1v) is 23.3. The van der Waals surface area contributed by atoms with Crippen molar-refractivity contribution in [3.8, 4) is 22.6 Å². The Balaban J connectivity index is 0.778. The number of aryl methyl sites for hydroxylation is 2. The van der Waals surface area contributed by atoms with Crippen molar-refractivity contribution >= 4 is 46.8 Å². The van der Waals surface area contributed by atoms with E-state index in [2.05, 4.69) is 56.7 Å². The molecule has 2 saturated heterocycles. The first kappa shape index (κ1) is 49.2. The summed E-state index contributed by atoms with van der Waals surface area (Å²) in [6, 6.07) is 14.3. The highest BCUT2D eigenvalue weighted by Gasteiger charge is 2.33. The number of H-pyrrole nitrogens is 1. The summed E-state index contributed by atoms with van der Waals surface area (Å²) in [5.41, 5.74) is 4.47. The number of likely N-dealkylation sites (N-methyl/N-ethyl adjacent to an activating group) is 1. The summed E-state index contributed by atoms with van der Waals surface area (Å²) in [6.07, 6.45) is 10.3. The van der Waals surface area contributed by atoms with Crippen LogP contribution in [0, 0.1) is 25.7 Å². The molecule has 0 aliphatic carbocycles. The monoisotopic (exact) mass is 973 g/mol. The number of carbonyl (C=O) groups excluding carboxylic acids is 4. The van der Waals surface area contributed by atoms with Crippen molar-refractivity contribution in [3.63, 3.8) is 0 Å². The fourth-order valence-electron chi connectivity index (χ4n) is 8.28. The van der Waals surface area contributed by atoms with Crippen LogP contribution in [0.1, 0.15) is 30.4 Å². The van der Waals surface area contributed by atoms with Crippen LogP contribution in [0.4, 0.5) is 27.5 Å². The molecule has 0 radical (unpaired) electrons. The number of rotatable bonds is 20. The number of carbonyl (C=O) groups is 4. The molecular formula is C48H56FN15O7. The van der Waals surface area contributed by atoms with Gasteiger partial charge < -0.3 is 45.9 Å². The summed E-state index contributed by atoms with van der Waals surface area (Å²) in [6.45, 7) is 6.76. The van der Waals surface area contributed by atoms with Crippen LogP contribution < -0.4 is 41.7 Å². The molecule has 2 aromatic carbocycles. The number of halogens is 1. The van der Waals surface area contributed by atoms with E-state index in [-0.39, 0.29) is 74.4 Å². The quantitative estimate of drug-likeness (QED) is 0.0601. The van der Waals surface area contributed by atoms with E-state index in [9.17, 15) is 28.4 Å². The van der Waals surface area contributed by atoms with Crippen LogP contribution >= 0.6 is 0 Å². The summed E-state index contributed by atoms with van der Waals surface area (Å²) in [7, 11) is 1.70. The van der Waals surface area contributed by atoms with Gasteiger partial charge in [0.25, 0.3) is 0 Å². The van der Waals surface area contributed by atoms with Crippen molar-refractivity contribution in [2.75, 3.05) is 74.2 Å². The Morgan fingerprint density at radius 2 is 1.61 bits per heavy atom. The largest absolute Gasteiger partial charge is 0.492 e. The van der Waals surface area contributed by atoms with Gasteiger partial charge in [-0.05, 0) is 79.3 Å². The van der Waals surface area contributed by atoms with Gasteiger partial charge in [-0.15, -0.1) is 0 Å². The summed E-state index contributed by atoms with van der Waals surface area (Å²) in [5, 5.41) is 23.4. The highest BCUT2D eigenvalue weighted by Crippen LogP contribution is 2.34. The summed E-state index contributed by atoms with van der Waals surface area (Å²) < 4.78 is 28.9. The molecule has 6 N–H and O–H groups in total. The number of piperidine rings is 1. The molecule has 6 aromatic rings. The zero-order chi connectivity index (χ0) is 49.9. The van der Waals surface area contributed by atoms with Crippen LogP contribution in [0.2, 0.25) is 0 Å². The Morgan fingerprint density at radius 1 is 0.887 bits per heavy atom. The number of amides is 4. The molecule has 2 aliphatic rings. The van der Waals surface area contributed by atoms with Crippen molar-refractivity contribution < 1.29 is 33.0 Å².